The Morgan fingerprint density at radius 1 is 1.18 bits per heavy atom. The summed E-state index contributed by atoms with van der Waals surface area (Å²) in [5.41, 5.74) is 2.63. The number of fused-ring (bicyclic) bond motifs is 1. The summed E-state index contributed by atoms with van der Waals surface area (Å²) >= 11 is 1.50. The van der Waals surface area contributed by atoms with Gasteiger partial charge in [0.2, 0.25) is 5.82 Å². The minimum atomic E-state index is -0.296. The second kappa shape index (κ2) is 4.70. The summed E-state index contributed by atoms with van der Waals surface area (Å²) in [7, 11) is 0. The van der Waals surface area contributed by atoms with Gasteiger partial charge in [0, 0.05) is 16.6 Å². The van der Waals surface area contributed by atoms with Gasteiger partial charge in [-0.25, -0.2) is 4.98 Å². The van der Waals surface area contributed by atoms with Crippen molar-refractivity contribution in [3.8, 4) is 11.5 Å². The van der Waals surface area contributed by atoms with E-state index >= 15 is 0 Å². The maximum absolute atomic E-state index is 4.81. The van der Waals surface area contributed by atoms with Crippen LogP contribution in [0.4, 0.5) is 5.69 Å². The van der Waals surface area contributed by atoms with Crippen molar-refractivity contribution in [1.29, 1.82) is 0 Å². The van der Waals surface area contributed by atoms with Crippen LogP contribution in [0.25, 0.3) is 11.5 Å². The van der Waals surface area contributed by atoms with Gasteiger partial charge in [-0.2, -0.15) is 5.21 Å². The van der Waals surface area contributed by atoms with Crippen molar-refractivity contribution < 1.29 is 0 Å². The Labute approximate surface area is 130 Å². The Kier molecular flexibility index (Phi) is 2.80. The van der Waals surface area contributed by atoms with Crippen molar-refractivity contribution >= 4 is 22.9 Å². The molecule has 0 saturated carbocycles. The molecule has 1 aliphatic rings. The Bertz CT molecular complexity index is 848. The van der Waals surface area contributed by atoms with E-state index < -0.39 is 0 Å². The first-order valence-electron chi connectivity index (χ1n) is 6.79. The number of tetrazole rings is 1. The summed E-state index contributed by atoms with van der Waals surface area (Å²) in [4.78, 5) is 9.36. The van der Waals surface area contributed by atoms with E-state index in [-0.39, 0.29) is 5.54 Å². The molecule has 0 atom stereocenters. The molecule has 1 aromatic carbocycles. The van der Waals surface area contributed by atoms with E-state index in [1.54, 1.807) is 0 Å². The van der Waals surface area contributed by atoms with Gasteiger partial charge in [-0.15, -0.1) is 21.5 Å². The van der Waals surface area contributed by atoms with Gasteiger partial charge in [-0.1, -0.05) is 18.2 Å². The molecule has 0 amide bonds. The molecule has 0 spiro atoms. The summed E-state index contributed by atoms with van der Waals surface area (Å²) < 4.78 is 0. The SMILES string of the molecule is CC1(C)N=C(c2nc(-c3nn[nH]n3)cs2)Nc2ccccc21. The van der Waals surface area contributed by atoms with Gasteiger partial charge in [0.05, 0.1) is 5.54 Å². The maximum atomic E-state index is 4.81. The lowest BCUT2D eigenvalue weighted by atomic mass is 9.92. The molecule has 2 aromatic heterocycles. The molecule has 3 heterocycles. The van der Waals surface area contributed by atoms with Crippen LogP contribution < -0.4 is 5.32 Å². The van der Waals surface area contributed by atoms with E-state index in [1.807, 2.05) is 17.5 Å². The molecule has 2 N–H and O–H groups in total. The molecular formula is C14H13N7S. The number of aromatic nitrogens is 5. The van der Waals surface area contributed by atoms with Crippen LogP contribution in [0.2, 0.25) is 0 Å². The molecule has 7 nitrogen and oxygen atoms in total. The number of H-pyrrole nitrogens is 1. The molecule has 4 rings (SSSR count). The molecule has 0 bridgehead atoms. The summed E-state index contributed by atoms with van der Waals surface area (Å²) in [5, 5.41) is 19.9. The molecule has 1 aliphatic heterocycles. The predicted molar refractivity (Wildman–Crippen MR) is 84.9 cm³/mol. The number of nitrogens with one attached hydrogen (secondary N) is 2. The number of para-hydroxylation sites is 1. The number of thiazole rings is 1. The van der Waals surface area contributed by atoms with Gasteiger partial charge in [0.1, 0.15) is 5.69 Å². The zero-order valence-electron chi connectivity index (χ0n) is 12.0. The second-order valence-electron chi connectivity index (χ2n) is 5.46. The van der Waals surface area contributed by atoms with Gasteiger partial charge in [0.15, 0.2) is 10.8 Å². The number of hydrogen-bond acceptors (Lipinski definition) is 7. The first-order chi connectivity index (χ1) is 10.6. The molecule has 110 valence electrons. The molecule has 0 aliphatic carbocycles. The van der Waals surface area contributed by atoms with Gasteiger partial charge in [-0.05, 0) is 25.1 Å². The average molecular weight is 311 g/mol. The highest BCUT2D eigenvalue weighted by molar-refractivity contribution is 7.12. The van der Waals surface area contributed by atoms with Crippen molar-refractivity contribution in [3.05, 3.63) is 40.2 Å². The van der Waals surface area contributed by atoms with Gasteiger partial charge in [-0.3, -0.25) is 4.99 Å². The Morgan fingerprint density at radius 3 is 2.86 bits per heavy atom. The molecular weight excluding hydrogens is 298 g/mol. The molecule has 0 fully saturated rings. The zero-order valence-corrected chi connectivity index (χ0v) is 12.8. The number of amidine groups is 1. The molecule has 0 radical (unpaired) electrons. The third-order valence-electron chi connectivity index (χ3n) is 3.51. The highest BCUT2D eigenvalue weighted by atomic mass is 32.1. The average Bonchev–Trinajstić information content (AvgIpc) is 3.18. The highest BCUT2D eigenvalue weighted by Crippen LogP contribution is 2.36. The van der Waals surface area contributed by atoms with Crippen LogP contribution in [0.1, 0.15) is 24.4 Å². The number of rotatable bonds is 2. The van der Waals surface area contributed by atoms with Crippen LogP contribution in [0.15, 0.2) is 34.6 Å². The third-order valence-corrected chi connectivity index (χ3v) is 4.36. The van der Waals surface area contributed by atoms with Crippen molar-refractivity contribution in [3.63, 3.8) is 0 Å². The topological polar surface area (TPSA) is 91.7 Å². The third kappa shape index (κ3) is 2.08. The van der Waals surface area contributed by atoms with E-state index in [1.165, 1.54) is 16.9 Å². The number of aromatic amines is 1. The maximum Gasteiger partial charge on any atom is 0.223 e. The number of benzene rings is 1. The first kappa shape index (κ1) is 13.1. The van der Waals surface area contributed by atoms with Crippen LogP contribution in [0.3, 0.4) is 0 Å². The minimum Gasteiger partial charge on any atom is -0.338 e. The first-order valence-corrected chi connectivity index (χ1v) is 7.67. The molecule has 3 aromatic rings. The molecule has 0 saturated heterocycles. The van der Waals surface area contributed by atoms with Gasteiger partial charge in [0.25, 0.3) is 0 Å². The predicted octanol–water partition coefficient (Wildman–Crippen LogP) is 2.43. The normalized spacial score (nSPS) is 15.8. The molecule has 0 unspecified atom stereocenters. The summed E-state index contributed by atoms with van der Waals surface area (Å²) in [6.07, 6.45) is 0. The molecule has 22 heavy (non-hydrogen) atoms. The van der Waals surface area contributed by atoms with E-state index in [4.69, 9.17) is 4.99 Å². The fourth-order valence-electron chi connectivity index (χ4n) is 2.48. The summed E-state index contributed by atoms with van der Waals surface area (Å²) in [6, 6.07) is 8.19. The Balaban J connectivity index is 1.74. The van der Waals surface area contributed by atoms with E-state index in [9.17, 15) is 0 Å². The zero-order chi connectivity index (χ0) is 15.2. The van der Waals surface area contributed by atoms with Crippen LogP contribution in [-0.4, -0.2) is 31.4 Å². The lowest BCUT2D eigenvalue weighted by molar-refractivity contribution is 0.555. The lowest BCUT2D eigenvalue weighted by Crippen LogP contribution is -2.29. The number of nitrogens with zero attached hydrogens (tertiary/aromatic N) is 5. The van der Waals surface area contributed by atoms with E-state index in [2.05, 4.69) is 56.9 Å². The monoisotopic (exact) mass is 311 g/mol. The van der Waals surface area contributed by atoms with Gasteiger partial charge < -0.3 is 5.32 Å². The summed E-state index contributed by atoms with van der Waals surface area (Å²) in [6.45, 7) is 4.20. The van der Waals surface area contributed by atoms with Crippen molar-refractivity contribution in [2.45, 2.75) is 19.4 Å². The summed E-state index contributed by atoms with van der Waals surface area (Å²) in [5.74, 6) is 1.25. The van der Waals surface area contributed by atoms with Crippen LogP contribution in [-0.2, 0) is 5.54 Å². The minimum absolute atomic E-state index is 0.296. The van der Waals surface area contributed by atoms with Gasteiger partial charge >= 0.3 is 0 Å². The van der Waals surface area contributed by atoms with E-state index in [0.29, 0.717) is 11.5 Å². The largest absolute Gasteiger partial charge is 0.338 e. The fraction of sp³-hybridized carbons (Fsp3) is 0.214. The Morgan fingerprint density at radius 2 is 2.05 bits per heavy atom. The molecule has 8 heteroatoms. The van der Waals surface area contributed by atoms with E-state index in [0.717, 1.165) is 16.5 Å². The van der Waals surface area contributed by atoms with Crippen LogP contribution in [0, 0.1) is 0 Å². The quantitative estimate of drug-likeness (QED) is 0.758. The smallest absolute Gasteiger partial charge is 0.223 e. The highest BCUT2D eigenvalue weighted by Gasteiger charge is 2.29. The van der Waals surface area contributed by atoms with Crippen molar-refractivity contribution in [2.24, 2.45) is 4.99 Å². The lowest BCUT2D eigenvalue weighted by Gasteiger charge is -2.30. The number of anilines is 1. The fourth-order valence-corrected chi connectivity index (χ4v) is 3.22. The second-order valence-corrected chi connectivity index (χ2v) is 6.32. The Hall–Kier alpha value is -2.61. The number of aliphatic imine (C=N–C) groups is 1. The van der Waals surface area contributed by atoms with Crippen LogP contribution >= 0.6 is 11.3 Å². The van der Waals surface area contributed by atoms with Crippen molar-refractivity contribution in [1.82, 2.24) is 25.6 Å². The standard InChI is InChI=1S/C14H13N7S/c1-14(2)8-5-3-4-6-9(8)15-12(17-14)13-16-10(7-22-13)11-18-20-21-19-11/h3-7H,1-2H3,(H,15,17)(H,18,19,20,21). The van der Waals surface area contributed by atoms with Crippen molar-refractivity contribution in [2.75, 3.05) is 5.32 Å². The number of hydrogen-bond donors (Lipinski definition) is 2. The van der Waals surface area contributed by atoms with Crippen LogP contribution in [0.5, 0.6) is 0 Å².